The molecule has 1 saturated carbocycles. The van der Waals surface area contributed by atoms with E-state index in [1.807, 2.05) is 0 Å². The van der Waals surface area contributed by atoms with Crippen LogP contribution in [0.2, 0.25) is 0 Å². The summed E-state index contributed by atoms with van der Waals surface area (Å²) in [7, 11) is 2.28. The molecule has 2 aliphatic rings. The Morgan fingerprint density at radius 1 is 0.971 bits per heavy atom. The average molecular weight is 485 g/mol. The Kier molecular flexibility index (Phi) is 7.90. The van der Waals surface area contributed by atoms with Crippen molar-refractivity contribution >= 4 is 35.4 Å². The van der Waals surface area contributed by atoms with Gasteiger partial charge in [0, 0.05) is 28.7 Å². The highest BCUT2D eigenvalue weighted by molar-refractivity contribution is 6.06. The van der Waals surface area contributed by atoms with E-state index in [0.717, 1.165) is 27.1 Å². The molecule has 0 atom stereocenters. The largest absolute Gasteiger partial charge is 0.466 e. The molecule has 2 amide bonds. The van der Waals surface area contributed by atoms with E-state index in [9.17, 15) is 24.0 Å². The fourth-order valence-corrected chi connectivity index (χ4v) is 3.64. The van der Waals surface area contributed by atoms with Crippen LogP contribution in [-0.2, 0) is 33.4 Å². The molecule has 1 heterocycles. The molecular weight excluding hydrogens is 458 g/mol. The minimum atomic E-state index is -1.45. The number of carbonyl (C=O) groups is 5. The first-order valence-electron chi connectivity index (χ1n) is 10.9. The van der Waals surface area contributed by atoms with Crippen LogP contribution in [-0.4, -0.2) is 56.6 Å². The molecule has 1 aliphatic carbocycles. The topological polar surface area (TPSA) is 149 Å². The molecule has 3 rings (SSSR count). The summed E-state index contributed by atoms with van der Waals surface area (Å²) in [6.07, 6.45) is 1.90. The lowest BCUT2D eigenvalue weighted by Gasteiger charge is -2.28. The predicted octanol–water partition coefficient (Wildman–Crippen LogP) is 1.17. The highest BCUT2D eigenvalue weighted by Gasteiger charge is 2.42. The van der Waals surface area contributed by atoms with E-state index in [-0.39, 0.29) is 23.1 Å². The summed E-state index contributed by atoms with van der Waals surface area (Å²) in [6, 6.07) is 6.52. The summed E-state index contributed by atoms with van der Waals surface area (Å²) < 4.78 is 14.7. The van der Waals surface area contributed by atoms with Crippen molar-refractivity contribution in [2.75, 3.05) is 26.1 Å². The molecule has 0 unspecified atom stereocenters. The van der Waals surface area contributed by atoms with E-state index >= 15 is 0 Å². The van der Waals surface area contributed by atoms with Crippen molar-refractivity contribution in [1.29, 1.82) is 0 Å². The Labute approximate surface area is 201 Å². The Balaban J connectivity index is 1.71. The van der Waals surface area contributed by atoms with Crippen molar-refractivity contribution in [3.05, 3.63) is 52.4 Å². The highest BCUT2D eigenvalue weighted by atomic mass is 16.5. The maximum Gasteiger partial charge on any atom is 0.336 e. The van der Waals surface area contributed by atoms with Crippen molar-refractivity contribution in [2.24, 2.45) is 5.92 Å². The van der Waals surface area contributed by atoms with Gasteiger partial charge in [0.05, 0.1) is 25.4 Å². The van der Waals surface area contributed by atoms with Gasteiger partial charge in [0.1, 0.15) is 5.92 Å². The van der Waals surface area contributed by atoms with Gasteiger partial charge < -0.3 is 30.2 Å². The molecule has 1 aromatic rings. The van der Waals surface area contributed by atoms with E-state index in [1.54, 1.807) is 32.0 Å². The number of anilines is 1. The lowest BCUT2D eigenvalue weighted by atomic mass is 9.85. The number of amides is 2. The zero-order chi connectivity index (χ0) is 25.7. The second-order valence-corrected chi connectivity index (χ2v) is 8.10. The third-order valence-corrected chi connectivity index (χ3v) is 5.47. The number of benzene rings is 1. The minimum Gasteiger partial charge on any atom is -0.466 e. The molecule has 11 nitrogen and oxygen atoms in total. The molecule has 3 N–H and O–H groups in total. The van der Waals surface area contributed by atoms with Gasteiger partial charge in [0.15, 0.2) is 6.61 Å². The number of esters is 3. The Hall–Kier alpha value is -4.15. The second-order valence-electron chi connectivity index (χ2n) is 8.10. The van der Waals surface area contributed by atoms with Gasteiger partial charge in [-0.1, -0.05) is 6.07 Å². The zero-order valence-corrected chi connectivity index (χ0v) is 19.9. The molecule has 0 saturated heterocycles. The third kappa shape index (κ3) is 6.05. The molecular formula is C24H27N3O8. The number of allylic oxidation sites excluding steroid dienone is 2. The lowest BCUT2D eigenvalue weighted by molar-refractivity contribution is -0.152. The molecule has 0 radical (unpaired) electrons. The zero-order valence-electron chi connectivity index (χ0n) is 19.9. The van der Waals surface area contributed by atoms with Crippen molar-refractivity contribution in [3.8, 4) is 0 Å². The van der Waals surface area contributed by atoms with Crippen LogP contribution in [0.3, 0.4) is 0 Å². The Bertz CT molecular complexity index is 1100. The van der Waals surface area contributed by atoms with Crippen LogP contribution < -0.4 is 16.0 Å². The Morgan fingerprint density at radius 2 is 1.57 bits per heavy atom. The number of hydrogen-bond acceptors (Lipinski definition) is 9. The van der Waals surface area contributed by atoms with Crippen molar-refractivity contribution < 1.29 is 38.2 Å². The number of nitrogens with one attached hydrogen (secondary N) is 3. The van der Waals surface area contributed by atoms with Gasteiger partial charge in [-0.05, 0) is 44.9 Å². The maximum atomic E-state index is 13.0. The molecule has 11 heteroatoms. The summed E-state index contributed by atoms with van der Waals surface area (Å²) >= 11 is 0. The predicted molar refractivity (Wildman–Crippen MR) is 123 cm³/mol. The maximum absolute atomic E-state index is 13.0. The van der Waals surface area contributed by atoms with Gasteiger partial charge in [0.25, 0.3) is 11.8 Å². The normalized spacial score (nSPS) is 15.7. The first-order chi connectivity index (χ1) is 16.7. The molecule has 0 bridgehead atoms. The molecule has 186 valence electrons. The van der Waals surface area contributed by atoms with E-state index in [1.165, 1.54) is 6.07 Å². The van der Waals surface area contributed by atoms with Gasteiger partial charge in [-0.2, -0.15) is 0 Å². The van der Waals surface area contributed by atoms with E-state index in [0.29, 0.717) is 22.6 Å². The lowest BCUT2D eigenvalue weighted by Crippen LogP contribution is -2.38. The monoisotopic (exact) mass is 485 g/mol. The summed E-state index contributed by atoms with van der Waals surface area (Å²) in [4.78, 5) is 62.4. The van der Waals surface area contributed by atoms with Crippen LogP contribution in [0.4, 0.5) is 5.69 Å². The van der Waals surface area contributed by atoms with Gasteiger partial charge in [-0.3, -0.25) is 14.4 Å². The fourth-order valence-electron chi connectivity index (χ4n) is 3.64. The van der Waals surface area contributed by atoms with Crippen LogP contribution in [0.25, 0.3) is 0 Å². The minimum absolute atomic E-state index is 0.127. The van der Waals surface area contributed by atoms with Gasteiger partial charge >= 0.3 is 17.9 Å². The standard InChI is InChI=1S/C24H27N3O8/c1-12-18(22(30)33-3)20(19(13(2)25-12)23(31)34-4)24(32)35-11-17(28)26-16-7-5-6-14(10-16)21(29)27-15-8-9-15/h5-7,10,15,20,25H,8-9,11H2,1-4H3,(H,26,28)(H,27,29). The van der Waals surface area contributed by atoms with Crippen LogP contribution in [0, 0.1) is 5.92 Å². The SMILES string of the molecule is COC(=O)C1=C(C)NC(C)=C(C(=O)OC)C1C(=O)OCC(=O)Nc1cccc(C(=O)NC2CC2)c1. The summed E-state index contributed by atoms with van der Waals surface area (Å²) in [5.74, 6) is -5.03. The molecule has 1 fully saturated rings. The molecule has 1 aromatic carbocycles. The molecule has 1 aliphatic heterocycles. The molecule has 35 heavy (non-hydrogen) atoms. The molecule has 0 aromatic heterocycles. The summed E-state index contributed by atoms with van der Waals surface area (Å²) in [6.45, 7) is 2.40. The van der Waals surface area contributed by atoms with E-state index in [4.69, 9.17) is 14.2 Å². The number of methoxy groups -OCH3 is 2. The second kappa shape index (κ2) is 10.9. The summed E-state index contributed by atoms with van der Waals surface area (Å²) in [5, 5.41) is 8.28. The smallest absolute Gasteiger partial charge is 0.336 e. The van der Waals surface area contributed by atoms with E-state index in [2.05, 4.69) is 16.0 Å². The van der Waals surface area contributed by atoms with Crippen LogP contribution >= 0.6 is 0 Å². The third-order valence-electron chi connectivity index (χ3n) is 5.47. The van der Waals surface area contributed by atoms with Crippen molar-refractivity contribution in [2.45, 2.75) is 32.7 Å². The number of ether oxygens (including phenoxy) is 3. The summed E-state index contributed by atoms with van der Waals surface area (Å²) in [5.41, 5.74) is 1.07. The van der Waals surface area contributed by atoms with Crippen molar-refractivity contribution in [1.82, 2.24) is 10.6 Å². The molecule has 0 spiro atoms. The van der Waals surface area contributed by atoms with Crippen molar-refractivity contribution in [3.63, 3.8) is 0 Å². The fraction of sp³-hybridized carbons (Fsp3) is 0.375. The average Bonchev–Trinajstić information content (AvgIpc) is 3.65. The first kappa shape index (κ1) is 25.5. The van der Waals surface area contributed by atoms with Gasteiger partial charge in [0.2, 0.25) is 0 Å². The van der Waals surface area contributed by atoms with Crippen LogP contribution in [0.15, 0.2) is 46.8 Å². The number of hydrogen-bond donors (Lipinski definition) is 3. The number of carbonyl (C=O) groups excluding carboxylic acids is 5. The first-order valence-corrected chi connectivity index (χ1v) is 10.9. The van der Waals surface area contributed by atoms with Crippen LogP contribution in [0.5, 0.6) is 0 Å². The quantitative estimate of drug-likeness (QED) is 0.364. The van der Waals surface area contributed by atoms with E-state index < -0.39 is 36.3 Å². The highest BCUT2D eigenvalue weighted by Crippen LogP contribution is 2.32. The van der Waals surface area contributed by atoms with Gasteiger partial charge in [-0.25, -0.2) is 9.59 Å². The van der Waals surface area contributed by atoms with Gasteiger partial charge in [-0.15, -0.1) is 0 Å². The van der Waals surface area contributed by atoms with Crippen LogP contribution in [0.1, 0.15) is 37.0 Å². The number of dihydropyridines is 1. The Morgan fingerprint density at radius 3 is 2.11 bits per heavy atom. The number of rotatable bonds is 8.